The molecule has 1 amide bonds. The van der Waals surface area contributed by atoms with Crippen molar-refractivity contribution in [2.45, 2.75) is 11.4 Å². The van der Waals surface area contributed by atoms with E-state index in [9.17, 15) is 22.0 Å². The monoisotopic (exact) mass is 518 g/mol. The van der Waals surface area contributed by atoms with E-state index >= 15 is 0 Å². The summed E-state index contributed by atoms with van der Waals surface area (Å²) in [7, 11) is -4.16. The molecule has 0 aliphatic rings. The molecule has 3 aromatic rings. The molecule has 0 spiro atoms. The number of anilines is 1. The average Bonchev–Trinajstić information content (AvgIpc) is 2.72. The van der Waals surface area contributed by atoms with Crippen LogP contribution in [0.4, 0.5) is 14.5 Å². The van der Waals surface area contributed by atoms with Crippen molar-refractivity contribution in [3.8, 4) is 0 Å². The van der Waals surface area contributed by atoms with Gasteiger partial charge >= 0.3 is 0 Å². The molecular formula is C21H15Cl3F2N2O3S. The second kappa shape index (κ2) is 10.1. The van der Waals surface area contributed by atoms with Crippen LogP contribution < -0.4 is 5.32 Å². The van der Waals surface area contributed by atoms with Crippen LogP contribution in [0, 0.1) is 11.6 Å². The molecule has 0 bridgehead atoms. The van der Waals surface area contributed by atoms with Gasteiger partial charge in [0, 0.05) is 33.4 Å². The quantitative estimate of drug-likeness (QED) is 0.432. The van der Waals surface area contributed by atoms with Crippen LogP contribution in [0.25, 0.3) is 0 Å². The van der Waals surface area contributed by atoms with Gasteiger partial charge in [-0.15, -0.1) is 0 Å². The molecule has 0 aromatic heterocycles. The molecule has 5 nitrogen and oxygen atoms in total. The summed E-state index contributed by atoms with van der Waals surface area (Å²) < 4.78 is 53.9. The first-order valence-corrected chi connectivity index (χ1v) is 11.6. The Labute approximate surface area is 198 Å². The fourth-order valence-electron chi connectivity index (χ4n) is 2.76. The van der Waals surface area contributed by atoms with Gasteiger partial charge in [0.25, 0.3) is 0 Å². The Morgan fingerprint density at radius 2 is 1.53 bits per heavy atom. The molecular weight excluding hydrogens is 505 g/mol. The van der Waals surface area contributed by atoms with Gasteiger partial charge in [-0.1, -0.05) is 40.9 Å². The van der Waals surface area contributed by atoms with Gasteiger partial charge in [-0.2, -0.15) is 4.31 Å². The maximum absolute atomic E-state index is 13.4. The van der Waals surface area contributed by atoms with E-state index in [-0.39, 0.29) is 22.2 Å². The zero-order valence-corrected chi connectivity index (χ0v) is 19.2. The molecule has 0 fully saturated rings. The number of carbonyl (C=O) groups excluding carboxylic acids is 1. The molecule has 0 saturated carbocycles. The Bertz CT molecular complexity index is 1260. The molecule has 0 radical (unpaired) electrons. The van der Waals surface area contributed by atoms with E-state index in [4.69, 9.17) is 34.8 Å². The van der Waals surface area contributed by atoms with Crippen LogP contribution in [-0.4, -0.2) is 25.2 Å². The Morgan fingerprint density at radius 1 is 0.875 bits per heavy atom. The summed E-state index contributed by atoms with van der Waals surface area (Å²) in [5.74, 6) is -2.99. The summed E-state index contributed by atoms with van der Waals surface area (Å²) in [5, 5.41) is 3.28. The standard InChI is InChI=1S/C21H15Cl3F2N2O3S/c22-14-3-6-17(7-4-14)32(30,31)28(11-13-1-2-15(23)9-18(13)24)12-21(29)27-16-5-8-19(25)20(26)10-16/h1-10H,11-12H2,(H,27,29). The van der Waals surface area contributed by atoms with Gasteiger partial charge in [0.2, 0.25) is 15.9 Å². The maximum Gasteiger partial charge on any atom is 0.243 e. The third-order valence-corrected chi connectivity index (χ3v) is 6.98. The zero-order chi connectivity index (χ0) is 23.5. The SMILES string of the molecule is O=C(CN(Cc1ccc(Cl)cc1Cl)S(=O)(=O)c1ccc(Cl)cc1)Nc1ccc(F)c(F)c1. The minimum absolute atomic E-state index is 0.0257. The molecule has 1 N–H and O–H groups in total. The number of carbonyl (C=O) groups is 1. The molecule has 0 aliphatic carbocycles. The van der Waals surface area contributed by atoms with Gasteiger partial charge in [-0.25, -0.2) is 17.2 Å². The second-order valence-corrected chi connectivity index (χ2v) is 9.86. The Hall–Kier alpha value is -2.23. The molecule has 0 saturated heterocycles. The van der Waals surface area contributed by atoms with Crippen LogP contribution >= 0.6 is 34.8 Å². The highest BCUT2D eigenvalue weighted by Crippen LogP contribution is 2.26. The summed E-state index contributed by atoms with van der Waals surface area (Å²) in [5.41, 5.74) is 0.386. The number of benzene rings is 3. The van der Waals surface area contributed by atoms with Gasteiger partial charge in [0.1, 0.15) is 0 Å². The molecule has 0 aliphatic heterocycles. The van der Waals surface area contributed by atoms with Gasteiger partial charge in [0.05, 0.1) is 11.4 Å². The Morgan fingerprint density at radius 3 is 2.16 bits per heavy atom. The van der Waals surface area contributed by atoms with Gasteiger partial charge in [0.15, 0.2) is 11.6 Å². The summed E-state index contributed by atoms with van der Waals surface area (Å²) in [6, 6.07) is 12.8. The van der Waals surface area contributed by atoms with Crippen LogP contribution in [-0.2, 0) is 21.4 Å². The largest absolute Gasteiger partial charge is 0.325 e. The normalized spacial score (nSPS) is 11.6. The van der Waals surface area contributed by atoms with Gasteiger partial charge in [-0.05, 0) is 54.1 Å². The van der Waals surface area contributed by atoms with Crippen molar-refractivity contribution in [2.75, 3.05) is 11.9 Å². The number of sulfonamides is 1. The maximum atomic E-state index is 13.4. The molecule has 3 aromatic carbocycles. The van der Waals surface area contributed by atoms with E-state index in [0.717, 1.165) is 22.5 Å². The van der Waals surface area contributed by atoms with Crippen molar-refractivity contribution < 1.29 is 22.0 Å². The Kier molecular flexibility index (Phi) is 7.74. The molecule has 0 unspecified atom stereocenters. The van der Waals surface area contributed by atoms with Crippen molar-refractivity contribution in [1.29, 1.82) is 0 Å². The zero-order valence-electron chi connectivity index (χ0n) is 16.2. The fourth-order valence-corrected chi connectivity index (χ4v) is 4.72. The first-order chi connectivity index (χ1) is 15.1. The number of nitrogens with one attached hydrogen (secondary N) is 1. The summed E-state index contributed by atoms with van der Waals surface area (Å²) in [6.45, 7) is -0.866. The highest BCUT2D eigenvalue weighted by atomic mass is 35.5. The predicted molar refractivity (Wildman–Crippen MR) is 120 cm³/mol. The van der Waals surface area contributed by atoms with Crippen LogP contribution in [0.3, 0.4) is 0 Å². The van der Waals surface area contributed by atoms with E-state index in [2.05, 4.69) is 5.32 Å². The molecule has 0 heterocycles. The first-order valence-electron chi connectivity index (χ1n) is 9.01. The highest BCUT2D eigenvalue weighted by Gasteiger charge is 2.28. The summed E-state index contributed by atoms with van der Waals surface area (Å²) >= 11 is 17.9. The lowest BCUT2D eigenvalue weighted by atomic mass is 10.2. The van der Waals surface area contributed by atoms with Crippen LogP contribution in [0.1, 0.15) is 5.56 Å². The average molecular weight is 520 g/mol. The minimum Gasteiger partial charge on any atom is -0.325 e. The van der Waals surface area contributed by atoms with Crippen molar-refractivity contribution in [3.63, 3.8) is 0 Å². The molecule has 168 valence electrons. The lowest BCUT2D eigenvalue weighted by Gasteiger charge is -2.22. The van der Waals surface area contributed by atoms with Crippen molar-refractivity contribution in [2.24, 2.45) is 0 Å². The molecule has 11 heteroatoms. The van der Waals surface area contributed by atoms with Crippen LogP contribution in [0.5, 0.6) is 0 Å². The van der Waals surface area contributed by atoms with E-state index < -0.39 is 34.1 Å². The number of nitrogens with zero attached hydrogens (tertiary/aromatic N) is 1. The number of hydrogen-bond donors (Lipinski definition) is 1. The van der Waals surface area contributed by atoms with Crippen LogP contribution in [0.15, 0.2) is 65.6 Å². The second-order valence-electron chi connectivity index (χ2n) is 6.64. The van der Waals surface area contributed by atoms with E-state index in [1.807, 2.05) is 0 Å². The summed E-state index contributed by atoms with van der Waals surface area (Å²) in [6.07, 6.45) is 0. The Balaban J connectivity index is 1.91. The van der Waals surface area contributed by atoms with Crippen LogP contribution in [0.2, 0.25) is 15.1 Å². The van der Waals surface area contributed by atoms with Gasteiger partial charge in [-0.3, -0.25) is 4.79 Å². The van der Waals surface area contributed by atoms with E-state index in [1.165, 1.54) is 36.4 Å². The minimum atomic E-state index is -4.16. The number of rotatable bonds is 7. The number of hydrogen-bond acceptors (Lipinski definition) is 3. The highest BCUT2D eigenvalue weighted by molar-refractivity contribution is 7.89. The summed E-state index contributed by atoms with van der Waals surface area (Å²) in [4.78, 5) is 12.5. The smallest absolute Gasteiger partial charge is 0.243 e. The van der Waals surface area contributed by atoms with Crippen molar-refractivity contribution in [1.82, 2.24) is 4.31 Å². The van der Waals surface area contributed by atoms with E-state index in [0.29, 0.717) is 15.6 Å². The third kappa shape index (κ3) is 5.96. The van der Waals surface area contributed by atoms with Crippen molar-refractivity contribution in [3.05, 3.63) is 92.9 Å². The molecule has 0 atom stereocenters. The fraction of sp³-hybridized carbons (Fsp3) is 0.0952. The number of amides is 1. The topological polar surface area (TPSA) is 66.5 Å². The molecule has 32 heavy (non-hydrogen) atoms. The van der Waals surface area contributed by atoms with Crippen molar-refractivity contribution >= 4 is 56.4 Å². The lowest BCUT2D eigenvalue weighted by Crippen LogP contribution is -2.37. The van der Waals surface area contributed by atoms with Gasteiger partial charge < -0.3 is 5.32 Å². The third-order valence-electron chi connectivity index (χ3n) is 4.34. The number of halogens is 5. The van der Waals surface area contributed by atoms with E-state index in [1.54, 1.807) is 6.07 Å². The molecule has 3 rings (SSSR count). The predicted octanol–water partition coefficient (Wildman–Crippen LogP) is 5.75. The first kappa shape index (κ1) is 24.4. The lowest BCUT2D eigenvalue weighted by molar-refractivity contribution is -0.116.